The SMILES string of the molecule is CCOCC(=O)N[C@H](Cc1ccccc1Br)C(=O)OC. The van der Waals surface area contributed by atoms with Crippen molar-refractivity contribution in [1.82, 2.24) is 5.32 Å². The number of carbonyl (C=O) groups excluding carboxylic acids is 2. The monoisotopic (exact) mass is 343 g/mol. The van der Waals surface area contributed by atoms with Crippen LogP contribution in [0.4, 0.5) is 0 Å². The second-order valence-electron chi connectivity index (χ2n) is 4.08. The summed E-state index contributed by atoms with van der Waals surface area (Å²) >= 11 is 3.41. The zero-order valence-corrected chi connectivity index (χ0v) is 13.1. The van der Waals surface area contributed by atoms with Crippen LogP contribution in [-0.4, -0.2) is 38.2 Å². The number of amides is 1. The average Bonchev–Trinajstić information content (AvgIpc) is 2.45. The minimum absolute atomic E-state index is 0.0695. The van der Waals surface area contributed by atoms with Crippen LogP contribution in [0.25, 0.3) is 0 Å². The van der Waals surface area contributed by atoms with Gasteiger partial charge in [0, 0.05) is 17.5 Å². The van der Waals surface area contributed by atoms with Gasteiger partial charge in [0.1, 0.15) is 12.6 Å². The molecule has 0 bridgehead atoms. The number of hydrogen-bond donors (Lipinski definition) is 1. The van der Waals surface area contributed by atoms with Gasteiger partial charge in [-0.25, -0.2) is 4.79 Å². The molecule has 1 aromatic rings. The molecular formula is C14H18BrNO4. The molecule has 0 fully saturated rings. The number of hydrogen-bond acceptors (Lipinski definition) is 4. The molecular weight excluding hydrogens is 326 g/mol. The summed E-state index contributed by atoms with van der Waals surface area (Å²) in [6.45, 7) is 2.17. The maximum Gasteiger partial charge on any atom is 0.328 e. The lowest BCUT2D eigenvalue weighted by atomic mass is 10.1. The maximum atomic E-state index is 11.7. The number of ether oxygens (including phenoxy) is 2. The highest BCUT2D eigenvalue weighted by molar-refractivity contribution is 9.10. The molecule has 1 amide bonds. The van der Waals surface area contributed by atoms with Crippen molar-refractivity contribution in [2.75, 3.05) is 20.3 Å². The van der Waals surface area contributed by atoms with Crippen molar-refractivity contribution in [2.45, 2.75) is 19.4 Å². The van der Waals surface area contributed by atoms with Gasteiger partial charge in [-0.2, -0.15) is 0 Å². The first-order chi connectivity index (χ1) is 9.58. The van der Waals surface area contributed by atoms with Gasteiger partial charge in [0.15, 0.2) is 0 Å². The second-order valence-corrected chi connectivity index (χ2v) is 4.93. The normalized spacial score (nSPS) is 11.8. The quantitative estimate of drug-likeness (QED) is 0.765. The average molecular weight is 344 g/mol. The molecule has 0 heterocycles. The molecule has 5 nitrogen and oxygen atoms in total. The Kier molecular flexibility index (Phi) is 7.25. The van der Waals surface area contributed by atoms with E-state index in [1.54, 1.807) is 6.92 Å². The molecule has 0 radical (unpaired) electrons. The number of rotatable bonds is 7. The van der Waals surface area contributed by atoms with Crippen LogP contribution < -0.4 is 5.32 Å². The third-order valence-electron chi connectivity index (χ3n) is 2.64. The highest BCUT2D eigenvalue weighted by Gasteiger charge is 2.22. The van der Waals surface area contributed by atoms with Gasteiger partial charge in [0.25, 0.3) is 0 Å². The lowest BCUT2D eigenvalue weighted by Crippen LogP contribution is -2.44. The number of methoxy groups -OCH3 is 1. The van der Waals surface area contributed by atoms with E-state index in [0.29, 0.717) is 13.0 Å². The fourth-order valence-electron chi connectivity index (χ4n) is 1.65. The van der Waals surface area contributed by atoms with Gasteiger partial charge in [-0.05, 0) is 18.6 Å². The van der Waals surface area contributed by atoms with Crippen LogP contribution in [0, 0.1) is 0 Å². The minimum Gasteiger partial charge on any atom is -0.467 e. The van der Waals surface area contributed by atoms with Gasteiger partial charge in [0.05, 0.1) is 7.11 Å². The fraction of sp³-hybridized carbons (Fsp3) is 0.429. The first-order valence-corrected chi connectivity index (χ1v) is 7.06. The Hall–Kier alpha value is -1.40. The van der Waals surface area contributed by atoms with Crippen LogP contribution in [0.3, 0.4) is 0 Å². The zero-order valence-electron chi connectivity index (χ0n) is 11.5. The molecule has 1 rings (SSSR count). The van der Waals surface area contributed by atoms with Crippen LogP contribution in [0.2, 0.25) is 0 Å². The molecule has 0 aliphatic carbocycles. The molecule has 1 aromatic carbocycles. The summed E-state index contributed by atoms with van der Waals surface area (Å²) < 4.78 is 10.6. The van der Waals surface area contributed by atoms with Crippen molar-refractivity contribution < 1.29 is 19.1 Å². The van der Waals surface area contributed by atoms with E-state index in [9.17, 15) is 9.59 Å². The van der Waals surface area contributed by atoms with Gasteiger partial charge in [-0.1, -0.05) is 34.1 Å². The van der Waals surface area contributed by atoms with Crippen molar-refractivity contribution in [3.8, 4) is 0 Å². The molecule has 0 spiro atoms. The van der Waals surface area contributed by atoms with Gasteiger partial charge < -0.3 is 14.8 Å². The van der Waals surface area contributed by atoms with E-state index in [0.717, 1.165) is 10.0 Å². The van der Waals surface area contributed by atoms with E-state index in [2.05, 4.69) is 21.2 Å². The largest absolute Gasteiger partial charge is 0.467 e. The molecule has 0 unspecified atom stereocenters. The number of carbonyl (C=O) groups is 2. The van der Waals surface area contributed by atoms with Gasteiger partial charge in [-0.3, -0.25) is 4.79 Å². The smallest absolute Gasteiger partial charge is 0.328 e. The molecule has 1 N–H and O–H groups in total. The first-order valence-electron chi connectivity index (χ1n) is 6.26. The number of nitrogens with one attached hydrogen (secondary N) is 1. The van der Waals surface area contributed by atoms with Crippen molar-refractivity contribution in [1.29, 1.82) is 0 Å². The van der Waals surface area contributed by atoms with Crippen LogP contribution in [0.15, 0.2) is 28.7 Å². The topological polar surface area (TPSA) is 64.6 Å². The van der Waals surface area contributed by atoms with Gasteiger partial charge >= 0.3 is 5.97 Å². The van der Waals surface area contributed by atoms with Crippen LogP contribution in [0.1, 0.15) is 12.5 Å². The molecule has 6 heteroatoms. The molecule has 0 aliphatic rings. The van der Waals surface area contributed by atoms with Crippen molar-refractivity contribution >= 4 is 27.8 Å². The first kappa shape index (κ1) is 16.7. The minimum atomic E-state index is -0.730. The van der Waals surface area contributed by atoms with E-state index < -0.39 is 12.0 Å². The van der Waals surface area contributed by atoms with Crippen molar-refractivity contribution in [3.63, 3.8) is 0 Å². The molecule has 0 aromatic heterocycles. The molecule has 20 heavy (non-hydrogen) atoms. The van der Waals surface area contributed by atoms with E-state index in [-0.39, 0.29) is 12.5 Å². The standard InChI is InChI=1S/C14H18BrNO4/c1-3-20-9-13(17)16-12(14(18)19-2)8-10-6-4-5-7-11(10)15/h4-7,12H,3,8-9H2,1-2H3,(H,16,17)/t12-/m1/s1. The second kappa shape index (κ2) is 8.71. The Morgan fingerprint density at radius 1 is 1.35 bits per heavy atom. The lowest BCUT2D eigenvalue weighted by molar-refractivity contribution is -0.145. The summed E-state index contributed by atoms with van der Waals surface area (Å²) in [5.74, 6) is -0.820. The van der Waals surface area contributed by atoms with Gasteiger partial charge in [-0.15, -0.1) is 0 Å². The Morgan fingerprint density at radius 2 is 2.05 bits per heavy atom. The Bertz CT molecular complexity index is 464. The predicted molar refractivity (Wildman–Crippen MR) is 78.3 cm³/mol. The summed E-state index contributed by atoms with van der Waals surface area (Å²) in [5.41, 5.74) is 0.916. The third-order valence-corrected chi connectivity index (χ3v) is 3.41. The van der Waals surface area contributed by atoms with Crippen LogP contribution in [-0.2, 0) is 25.5 Å². The highest BCUT2D eigenvalue weighted by atomic mass is 79.9. The van der Waals surface area contributed by atoms with Crippen LogP contribution >= 0.6 is 15.9 Å². The summed E-state index contributed by atoms with van der Waals surface area (Å²) in [4.78, 5) is 23.4. The Morgan fingerprint density at radius 3 is 2.65 bits per heavy atom. The third kappa shape index (κ3) is 5.30. The van der Waals surface area contributed by atoms with Crippen molar-refractivity contribution in [3.05, 3.63) is 34.3 Å². The van der Waals surface area contributed by atoms with Crippen molar-refractivity contribution in [2.24, 2.45) is 0 Å². The van der Waals surface area contributed by atoms with E-state index in [1.807, 2.05) is 24.3 Å². The van der Waals surface area contributed by atoms with Crippen LogP contribution in [0.5, 0.6) is 0 Å². The molecule has 110 valence electrons. The maximum absolute atomic E-state index is 11.7. The summed E-state index contributed by atoms with van der Waals surface area (Å²) in [6.07, 6.45) is 0.353. The molecule has 1 atom stereocenters. The van der Waals surface area contributed by atoms with Gasteiger partial charge in [0.2, 0.25) is 5.91 Å². The molecule has 0 saturated carbocycles. The summed E-state index contributed by atoms with van der Waals surface area (Å²) in [5, 5.41) is 2.62. The Labute approximate surface area is 126 Å². The molecule has 0 saturated heterocycles. The summed E-state index contributed by atoms with van der Waals surface area (Å²) in [7, 11) is 1.30. The summed E-state index contributed by atoms with van der Waals surface area (Å²) in [6, 6.07) is 6.79. The predicted octanol–water partition coefficient (Wildman–Crippen LogP) is 1.69. The number of esters is 1. The highest BCUT2D eigenvalue weighted by Crippen LogP contribution is 2.17. The van der Waals surface area contributed by atoms with E-state index in [1.165, 1.54) is 7.11 Å². The number of benzene rings is 1. The Balaban J connectivity index is 2.72. The van der Waals surface area contributed by atoms with E-state index in [4.69, 9.17) is 9.47 Å². The number of halogens is 1. The molecule has 0 aliphatic heterocycles. The lowest BCUT2D eigenvalue weighted by Gasteiger charge is -2.17. The fourth-order valence-corrected chi connectivity index (χ4v) is 2.10. The van der Waals surface area contributed by atoms with E-state index >= 15 is 0 Å². The zero-order chi connectivity index (χ0) is 15.0.